The Morgan fingerprint density at radius 1 is 1.23 bits per heavy atom. The van der Waals surface area contributed by atoms with Crippen LogP contribution in [0.5, 0.6) is 0 Å². The first-order chi connectivity index (χ1) is 22.5. The van der Waals surface area contributed by atoms with Crippen molar-refractivity contribution in [1.29, 1.82) is 0 Å². The van der Waals surface area contributed by atoms with Crippen LogP contribution in [0, 0.1) is 5.82 Å². The lowest BCUT2D eigenvalue weighted by Gasteiger charge is -2.33. The minimum absolute atomic E-state index is 0.0226. The van der Waals surface area contributed by atoms with Gasteiger partial charge in [0.2, 0.25) is 5.91 Å². The number of pyridine rings is 3. The average molecular weight is 660 g/mol. The van der Waals surface area contributed by atoms with E-state index in [1.165, 1.54) is 34.0 Å². The van der Waals surface area contributed by atoms with Crippen LogP contribution in [0.15, 0.2) is 35.4 Å². The lowest BCUT2D eigenvalue weighted by atomic mass is 9.83. The van der Waals surface area contributed by atoms with Crippen molar-refractivity contribution in [1.82, 2.24) is 24.8 Å². The van der Waals surface area contributed by atoms with Gasteiger partial charge in [-0.25, -0.2) is 14.2 Å². The second kappa shape index (κ2) is 10.4. The Hall–Kier alpha value is -4.72. The number of aliphatic hydroxyl groups is 2. The molecule has 0 saturated carbocycles. The molecule has 2 unspecified atom stereocenters. The van der Waals surface area contributed by atoms with E-state index in [4.69, 9.17) is 21.3 Å². The van der Waals surface area contributed by atoms with Gasteiger partial charge in [-0.2, -0.15) is 0 Å². The van der Waals surface area contributed by atoms with Gasteiger partial charge in [0.1, 0.15) is 12.4 Å². The largest absolute Gasteiger partial charge is 0.458 e. The zero-order valence-corrected chi connectivity index (χ0v) is 25.7. The molecular weight excluding hydrogens is 633 g/mol. The molecule has 1 aromatic carbocycles. The molecule has 12 nitrogen and oxygen atoms in total. The Morgan fingerprint density at radius 3 is 2.83 bits per heavy atom. The minimum atomic E-state index is -2.02. The molecule has 0 radical (unpaired) electrons. The third kappa shape index (κ3) is 4.19. The number of amides is 2. The highest BCUT2D eigenvalue weighted by Gasteiger charge is 2.46. The van der Waals surface area contributed by atoms with Crippen LogP contribution in [0.25, 0.3) is 22.3 Å². The topological polar surface area (TPSA) is 164 Å². The minimum Gasteiger partial charge on any atom is -0.458 e. The Bertz CT molecular complexity index is 2170. The van der Waals surface area contributed by atoms with Crippen molar-refractivity contribution >= 4 is 40.3 Å². The molecule has 3 aromatic heterocycles. The molecule has 6 heterocycles. The van der Waals surface area contributed by atoms with Crippen LogP contribution in [0.1, 0.15) is 75.6 Å². The number of ether oxygens (including phenoxy) is 1. The van der Waals surface area contributed by atoms with Gasteiger partial charge in [0, 0.05) is 46.1 Å². The van der Waals surface area contributed by atoms with Crippen molar-refractivity contribution in [2.45, 2.75) is 57.1 Å². The van der Waals surface area contributed by atoms with E-state index >= 15 is 4.39 Å². The number of benzene rings is 1. The monoisotopic (exact) mass is 659 g/mol. The maximum absolute atomic E-state index is 15.1. The third-order valence-electron chi connectivity index (χ3n) is 9.83. The van der Waals surface area contributed by atoms with E-state index in [1.54, 1.807) is 13.0 Å². The van der Waals surface area contributed by atoms with E-state index in [9.17, 15) is 29.4 Å². The van der Waals surface area contributed by atoms with E-state index in [-0.39, 0.29) is 59.9 Å². The first-order valence-electron chi connectivity index (χ1n) is 15.2. The SMILES string of the molecule is CC[C@@]1(O)C(=O)OCc2c1cc1n(c2=O)Cc2c-1nc1cc(F)c(Cl)c3c1c2C(NC(=O)CN1CC(O)c2cnccc2C1=O)CC3. The van der Waals surface area contributed by atoms with Gasteiger partial charge < -0.3 is 29.7 Å². The first-order valence-corrected chi connectivity index (χ1v) is 15.6. The number of carbonyl (C=O) groups excluding carboxylic acids is 3. The highest BCUT2D eigenvalue weighted by molar-refractivity contribution is 6.32. The molecular formula is C33H27ClFN5O7. The lowest BCUT2D eigenvalue weighted by Crippen LogP contribution is -2.46. The second-order valence-electron chi connectivity index (χ2n) is 12.3. The van der Waals surface area contributed by atoms with Crippen LogP contribution >= 0.6 is 11.6 Å². The molecule has 3 atom stereocenters. The Balaban J connectivity index is 1.22. The van der Waals surface area contributed by atoms with Crippen molar-refractivity contribution in [3.8, 4) is 11.4 Å². The number of hydrogen-bond donors (Lipinski definition) is 3. The summed E-state index contributed by atoms with van der Waals surface area (Å²) in [6, 6.07) is 3.68. The summed E-state index contributed by atoms with van der Waals surface area (Å²) in [4.78, 5) is 63.2. The van der Waals surface area contributed by atoms with Crippen LogP contribution < -0.4 is 10.9 Å². The summed E-state index contributed by atoms with van der Waals surface area (Å²) in [5.41, 5.74) is 1.28. The van der Waals surface area contributed by atoms with Crippen LogP contribution in [-0.4, -0.2) is 60.5 Å². The van der Waals surface area contributed by atoms with E-state index in [1.807, 2.05) is 0 Å². The van der Waals surface area contributed by atoms with Gasteiger partial charge in [0.15, 0.2) is 5.60 Å². The molecule has 47 heavy (non-hydrogen) atoms. The fourth-order valence-electron chi connectivity index (χ4n) is 7.48. The van der Waals surface area contributed by atoms with Gasteiger partial charge >= 0.3 is 5.97 Å². The molecule has 3 aliphatic heterocycles. The molecule has 14 heteroatoms. The number of carbonyl (C=O) groups is 3. The Morgan fingerprint density at radius 2 is 2.04 bits per heavy atom. The third-order valence-corrected chi connectivity index (χ3v) is 10.2. The molecule has 0 spiro atoms. The maximum atomic E-state index is 15.1. The average Bonchev–Trinajstić information content (AvgIpc) is 3.43. The van der Waals surface area contributed by atoms with Gasteiger partial charge in [-0.15, -0.1) is 0 Å². The zero-order chi connectivity index (χ0) is 32.9. The van der Waals surface area contributed by atoms with Crippen molar-refractivity contribution in [3.63, 3.8) is 0 Å². The van der Waals surface area contributed by atoms with E-state index in [0.717, 1.165) is 0 Å². The predicted molar refractivity (Wildman–Crippen MR) is 164 cm³/mol. The summed E-state index contributed by atoms with van der Waals surface area (Å²) < 4.78 is 21.7. The van der Waals surface area contributed by atoms with Crippen molar-refractivity contribution in [3.05, 3.63) is 90.7 Å². The molecule has 1 aliphatic carbocycles. The van der Waals surface area contributed by atoms with Gasteiger partial charge in [-0.1, -0.05) is 18.5 Å². The van der Waals surface area contributed by atoms with Crippen LogP contribution in [0.4, 0.5) is 4.39 Å². The quantitative estimate of drug-likeness (QED) is 0.246. The molecule has 0 bridgehead atoms. The number of halogens is 2. The summed E-state index contributed by atoms with van der Waals surface area (Å²) in [6.07, 6.45) is 2.54. The summed E-state index contributed by atoms with van der Waals surface area (Å²) in [5, 5.41) is 25.4. The number of nitrogens with zero attached hydrogens (tertiary/aromatic N) is 4. The number of aliphatic hydroxyl groups excluding tert-OH is 1. The fraction of sp³-hybridized carbons (Fsp3) is 0.333. The summed E-state index contributed by atoms with van der Waals surface area (Å²) in [6.45, 7) is 0.984. The van der Waals surface area contributed by atoms with Crippen LogP contribution in [0.3, 0.4) is 0 Å². The number of β-amino-alcohol motifs (C(OH)–C–C–N with tert-alkyl or cyclic N) is 1. The number of cyclic esters (lactones) is 1. The Kier molecular flexibility index (Phi) is 6.56. The number of rotatable bonds is 4. The highest BCUT2D eigenvalue weighted by atomic mass is 35.5. The van der Waals surface area contributed by atoms with Gasteiger partial charge in [-0.05, 0) is 42.5 Å². The standard InChI is InChI=1S/C33H27ClFN5O7/c1-2-33(46)19-7-23-29-17(10-40(23)31(44)18(19)13-47-32(33)45)27-21(4-3-15-26(27)22(38-29)8-20(35)28(15)34)37-25(42)12-39-11-24(41)16-9-36-6-5-14(16)30(39)43/h5-9,21,24,41,46H,2-4,10-13H2,1H3,(H,37,42)/t21?,24?,33-/m0/s1. The zero-order valence-electron chi connectivity index (χ0n) is 25.0. The molecule has 0 fully saturated rings. The predicted octanol–water partition coefficient (Wildman–Crippen LogP) is 2.56. The van der Waals surface area contributed by atoms with Crippen LogP contribution in [-0.2, 0) is 39.5 Å². The number of esters is 1. The van der Waals surface area contributed by atoms with Gasteiger partial charge in [-0.3, -0.25) is 19.4 Å². The maximum Gasteiger partial charge on any atom is 0.343 e. The molecule has 4 aromatic rings. The van der Waals surface area contributed by atoms with E-state index in [2.05, 4.69) is 10.3 Å². The molecule has 3 N–H and O–H groups in total. The summed E-state index contributed by atoms with van der Waals surface area (Å²) in [7, 11) is 0. The summed E-state index contributed by atoms with van der Waals surface area (Å²) >= 11 is 6.45. The summed E-state index contributed by atoms with van der Waals surface area (Å²) in [5.74, 6) is -2.38. The lowest BCUT2D eigenvalue weighted by molar-refractivity contribution is -0.172. The smallest absolute Gasteiger partial charge is 0.343 e. The van der Waals surface area contributed by atoms with E-state index < -0.39 is 46.9 Å². The van der Waals surface area contributed by atoms with Gasteiger partial charge in [0.05, 0.1) is 59.3 Å². The fourth-order valence-corrected chi connectivity index (χ4v) is 7.72. The number of aromatic nitrogens is 3. The highest BCUT2D eigenvalue weighted by Crippen LogP contribution is 2.46. The van der Waals surface area contributed by atoms with Crippen molar-refractivity contribution in [2.24, 2.45) is 0 Å². The molecule has 8 rings (SSSR count). The van der Waals surface area contributed by atoms with Crippen molar-refractivity contribution < 1.29 is 33.7 Å². The van der Waals surface area contributed by atoms with Crippen molar-refractivity contribution in [2.75, 3.05) is 13.1 Å². The second-order valence-corrected chi connectivity index (χ2v) is 12.7. The molecule has 240 valence electrons. The Labute approximate surface area is 270 Å². The van der Waals surface area contributed by atoms with E-state index in [0.29, 0.717) is 51.9 Å². The number of nitrogens with one attached hydrogen (secondary N) is 1. The normalized spacial score (nSPS) is 22.4. The number of hydrogen-bond acceptors (Lipinski definition) is 9. The molecule has 0 saturated heterocycles. The molecule has 2 amide bonds. The molecule has 4 aliphatic rings. The van der Waals surface area contributed by atoms with Gasteiger partial charge in [0.25, 0.3) is 11.5 Å². The number of aryl methyl sites for hydroxylation is 1. The van der Waals surface area contributed by atoms with Crippen LogP contribution in [0.2, 0.25) is 5.02 Å². The first kappa shape index (κ1) is 29.7. The number of fused-ring (bicyclic) bond motifs is 6.